The van der Waals surface area contributed by atoms with Crippen molar-refractivity contribution in [2.75, 3.05) is 11.1 Å². The molecule has 0 bridgehead atoms. The number of nitrogens with one attached hydrogen (secondary N) is 2. The van der Waals surface area contributed by atoms with Crippen LogP contribution in [0.2, 0.25) is 0 Å². The molecule has 3 aromatic carbocycles. The van der Waals surface area contributed by atoms with E-state index in [1.54, 1.807) is 6.07 Å². The first-order valence-corrected chi connectivity index (χ1v) is 13.7. The summed E-state index contributed by atoms with van der Waals surface area (Å²) in [4.78, 5) is 25.9. The first kappa shape index (κ1) is 26.1. The van der Waals surface area contributed by atoms with Crippen molar-refractivity contribution >= 4 is 34.4 Å². The van der Waals surface area contributed by atoms with Crippen LogP contribution in [0.4, 0.5) is 5.69 Å². The number of aromatic nitrogens is 5. The molecule has 11 heteroatoms. The molecule has 3 atom stereocenters. The largest absolute Gasteiger partial charge is 0.392 e. The molecule has 3 N–H and O–H groups in total. The number of carbonyl (C=O) groups excluding carboxylic acids is 1. The molecule has 1 saturated heterocycles. The lowest BCUT2D eigenvalue weighted by atomic mass is 10.0. The summed E-state index contributed by atoms with van der Waals surface area (Å²) in [5.41, 5.74) is 4.80. The number of ether oxygens (including phenoxy) is 2. The van der Waals surface area contributed by atoms with Crippen molar-refractivity contribution in [1.29, 1.82) is 0 Å². The molecule has 1 fully saturated rings. The number of H-pyrrole nitrogens is 1. The van der Waals surface area contributed by atoms with E-state index in [0.29, 0.717) is 23.4 Å². The highest BCUT2D eigenvalue weighted by atomic mass is 32.2. The minimum Gasteiger partial charge on any atom is -0.392 e. The number of para-hydroxylation sites is 2. The van der Waals surface area contributed by atoms with Crippen LogP contribution in [0, 0.1) is 0 Å². The summed E-state index contributed by atoms with van der Waals surface area (Å²) < 4.78 is 12.8. The van der Waals surface area contributed by atoms with Gasteiger partial charge in [0, 0.05) is 23.4 Å². The second kappa shape index (κ2) is 11.9. The van der Waals surface area contributed by atoms with Crippen LogP contribution in [0.25, 0.3) is 11.0 Å². The molecule has 3 heterocycles. The second-order valence-corrected chi connectivity index (χ2v) is 10.3. The van der Waals surface area contributed by atoms with E-state index in [4.69, 9.17) is 9.47 Å². The first-order chi connectivity index (χ1) is 19.6. The van der Waals surface area contributed by atoms with Gasteiger partial charge >= 0.3 is 0 Å². The second-order valence-electron chi connectivity index (χ2n) is 9.28. The van der Waals surface area contributed by atoms with Crippen molar-refractivity contribution in [3.63, 3.8) is 0 Å². The molecule has 0 aliphatic carbocycles. The predicted octanol–water partition coefficient (Wildman–Crippen LogP) is 4.83. The maximum absolute atomic E-state index is 13.0. The Kier molecular flexibility index (Phi) is 7.78. The third-order valence-electron chi connectivity index (χ3n) is 6.51. The third kappa shape index (κ3) is 6.02. The predicted molar refractivity (Wildman–Crippen MR) is 149 cm³/mol. The van der Waals surface area contributed by atoms with Gasteiger partial charge in [-0.05, 0) is 35.4 Å². The van der Waals surface area contributed by atoms with Gasteiger partial charge < -0.3 is 19.9 Å². The fourth-order valence-electron chi connectivity index (χ4n) is 4.48. The lowest BCUT2D eigenvalue weighted by Crippen LogP contribution is -2.31. The molecule has 0 unspecified atom stereocenters. The molecule has 5 aromatic rings. The molecule has 0 spiro atoms. The van der Waals surface area contributed by atoms with Crippen LogP contribution in [-0.2, 0) is 16.1 Å². The Bertz CT molecular complexity index is 1600. The number of anilines is 1. The molecule has 1 amide bonds. The summed E-state index contributed by atoms with van der Waals surface area (Å²) in [6, 6.07) is 22.6. The van der Waals surface area contributed by atoms with Crippen LogP contribution in [0.1, 0.15) is 46.0 Å². The van der Waals surface area contributed by atoms with E-state index in [9.17, 15) is 9.90 Å². The van der Waals surface area contributed by atoms with Crippen molar-refractivity contribution in [1.82, 2.24) is 25.1 Å². The lowest BCUT2D eigenvalue weighted by Gasteiger charge is -2.36. The molecule has 2 aromatic heterocycles. The Morgan fingerprint density at radius 1 is 1.00 bits per heavy atom. The number of rotatable bonds is 8. The molecule has 6 rings (SSSR count). The van der Waals surface area contributed by atoms with Gasteiger partial charge in [0.25, 0.3) is 5.91 Å². The fraction of sp³-hybridized carbons (Fsp3) is 0.207. The molecule has 1 aliphatic rings. The summed E-state index contributed by atoms with van der Waals surface area (Å²) in [5.74, 6) is 0.293. The number of amides is 1. The van der Waals surface area contributed by atoms with E-state index in [1.165, 1.54) is 24.3 Å². The summed E-state index contributed by atoms with van der Waals surface area (Å²) >= 11 is 1.53. The number of hydrogen-bond donors (Lipinski definition) is 3. The molecule has 0 radical (unpaired) electrons. The normalized spacial score (nSPS) is 19.0. The lowest BCUT2D eigenvalue weighted by molar-refractivity contribution is -0.245. The fourth-order valence-corrected chi connectivity index (χ4v) is 5.28. The van der Waals surface area contributed by atoms with Gasteiger partial charge in [-0.2, -0.15) is 5.10 Å². The summed E-state index contributed by atoms with van der Waals surface area (Å²) in [6.07, 6.45) is 2.57. The van der Waals surface area contributed by atoms with Crippen molar-refractivity contribution in [2.24, 2.45) is 0 Å². The Morgan fingerprint density at radius 3 is 2.65 bits per heavy atom. The number of hydrogen-bond acceptors (Lipinski definition) is 9. The third-order valence-corrected chi connectivity index (χ3v) is 7.52. The number of nitrogens with zero attached hydrogens (tertiary/aromatic N) is 4. The van der Waals surface area contributed by atoms with Crippen LogP contribution in [-0.4, -0.2) is 48.0 Å². The molecule has 202 valence electrons. The molecule has 40 heavy (non-hydrogen) atoms. The van der Waals surface area contributed by atoms with Crippen LogP contribution in [0.3, 0.4) is 0 Å². The van der Waals surface area contributed by atoms with Gasteiger partial charge in [0.2, 0.25) is 0 Å². The summed E-state index contributed by atoms with van der Waals surface area (Å²) in [5, 5.41) is 19.8. The van der Waals surface area contributed by atoms with Gasteiger partial charge in [0.15, 0.2) is 11.4 Å². The van der Waals surface area contributed by atoms with Crippen molar-refractivity contribution in [3.8, 4) is 0 Å². The van der Waals surface area contributed by atoms with Crippen LogP contribution in [0.15, 0.2) is 90.5 Å². The Labute approximate surface area is 234 Å². The maximum Gasteiger partial charge on any atom is 0.275 e. The van der Waals surface area contributed by atoms with E-state index in [1.807, 2.05) is 66.7 Å². The van der Waals surface area contributed by atoms with Crippen molar-refractivity contribution < 1.29 is 19.4 Å². The van der Waals surface area contributed by atoms with Gasteiger partial charge in [-0.3, -0.25) is 14.9 Å². The monoisotopic (exact) mass is 554 g/mol. The van der Waals surface area contributed by atoms with Gasteiger partial charge in [-0.25, -0.2) is 9.97 Å². The Hall–Kier alpha value is -4.16. The van der Waals surface area contributed by atoms with Gasteiger partial charge in [-0.15, -0.1) is 0 Å². The Morgan fingerprint density at radius 2 is 1.85 bits per heavy atom. The standard InChI is InChI=1S/C29H26N6O4S/c36-15-18-8-10-19(11-9-18)26-13-22(16-40-29-31-17-32-35-29)38-28(39-26)20-4-3-5-21(12-20)33-27(37)25-14-30-23-6-1-2-7-24(23)34-25/h1-12,14,17,22,26,28,36H,13,15-16H2,(H,33,37)(H,31,32,35)/t22-,26+,28+/m1/s1. The number of carbonyl (C=O) groups is 1. The number of thioether (sulfide) groups is 1. The first-order valence-electron chi connectivity index (χ1n) is 12.8. The quantitative estimate of drug-likeness (QED) is 0.231. The smallest absolute Gasteiger partial charge is 0.275 e. The summed E-state index contributed by atoms with van der Waals surface area (Å²) in [7, 11) is 0. The molecule has 0 saturated carbocycles. The number of benzene rings is 3. The zero-order chi connectivity index (χ0) is 27.3. The highest BCUT2D eigenvalue weighted by molar-refractivity contribution is 7.99. The zero-order valence-electron chi connectivity index (χ0n) is 21.3. The van der Waals surface area contributed by atoms with E-state index in [0.717, 1.165) is 27.4 Å². The average Bonchev–Trinajstić information content (AvgIpc) is 3.54. The van der Waals surface area contributed by atoms with E-state index in [2.05, 4.69) is 30.5 Å². The van der Waals surface area contributed by atoms with Gasteiger partial charge in [-0.1, -0.05) is 60.3 Å². The van der Waals surface area contributed by atoms with Crippen LogP contribution < -0.4 is 5.32 Å². The number of aromatic amines is 1. The van der Waals surface area contributed by atoms with Gasteiger partial charge in [0.05, 0.1) is 36.0 Å². The number of fused-ring (bicyclic) bond motifs is 1. The van der Waals surface area contributed by atoms with E-state index < -0.39 is 6.29 Å². The average molecular weight is 555 g/mol. The highest BCUT2D eigenvalue weighted by Crippen LogP contribution is 2.39. The SMILES string of the molecule is O=C(Nc1cccc([C@H]2O[C@@H](CSc3ncn[nH]3)C[C@@H](c3ccc(CO)cc3)O2)c1)c1cnc2ccccc2n1. The van der Waals surface area contributed by atoms with E-state index in [-0.39, 0.29) is 30.4 Å². The minimum atomic E-state index is -0.658. The zero-order valence-corrected chi connectivity index (χ0v) is 22.1. The topological polar surface area (TPSA) is 135 Å². The van der Waals surface area contributed by atoms with Crippen LogP contribution in [0.5, 0.6) is 0 Å². The van der Waals surface area contributed by atoms with Crippen molar-refractivity contribution in [3.05, 3.63) is 108 Å². The highest BCUT2D eigenvalue weighted by Gasteiger charge is 2.32. The minimum absolute atomic E-state index is 0.0166. The molecule has 1 aliphatic heterocycles. The molecule has 10 nitrogen and oxygen atoms in total. The van der Waals surface area contributed by atoms with Crippen LogP contribution >= 0.6 is 11.8 Å². The maximum atomic E-state index is 13.0. The molecular weight excluding hydrogens is 528 g/mol. The summed E-state index contributed by atoms with van der Waals surface area (Å²) in [6.45, 7) is -0.0166. The molecular formula is C29H26N6O4S. The number of aliphatic hydroxyl groups is 1. The van der Waals surface area contributed by atoms with Crippen molar-refractivity contribution in [2.45, 2.75) is 36.7 Å². The number of aliphatic hydroxyl groups excluding tert-OH is 1. The van der Waals surface area contributed by atoms with E-state index >= 15 is 0 Å². The van der Waals surface area contributed by atoms with Gasteiger partial charge in [0.1, 0.15) is 12.0 Å². The Balaban J connectivity index is 1.21.